The van der Waals surface area contributed by atoms with Gasteiger partial charge in [0.1, 0.15) is 6.26 Å². The average Bonchev–Trinajstić information content (AvgIpc) is 2.03. The molecule has 0 aliphatic heterocycles. The molecule has 0 saturated heterocycles. The van der Waals surface area contributed by atoms with Crippen molar-refractivity contribution in [2.45, 2.75) is 12.8 Å². The van der Waals surface area contributed by atoms with Crippen molar-refractivity contribution in [3.8, 4) is 0 Å². The van der Waals surface area contributed by atoms with Gasteiger partial charge in [-0.2, -0.15) is 0 Å². The third kappa shape index (κ3) is 10.2. The summed E-state index contributed by atoms with van der Waals surface area (Å²) < 4.78 is 17.2. The molecule has 0 saturated carbocycles. The van der Waals surface area contributed by atoms with Crippen molar-refractivity contribution in [3.05, 3.63) is 12.3 Å². The molecule has 2 nitrogen and oxygen atoms in total. The molecule has 0 amide bonds. The Kier molecular flexibility index (Phi) is 10.3. The lowest BCUT2D eigenvalue weighted by atomic mass is 10.3. The van der Waals surface area contributed by atoms with Gasteiger partial charge in [-0.3, -0.25) is 0 Å². The maximum Gasteiger partial charge on any atom is 0.132 e. The van der Waals surface area contributed by atoms with Crippen molar-refractivity contribution in [1.82, 2.24) is 0 Å². The highest BCUT2D eigenvalue weighted by Gasteiger charge is 1.85. The van der Waals surface area contributed by atoms with Gasteiger partial charge < -0.3 is 9.68 Å². The molecule has 0 N–H and O–H groups in total. The summed E-state index contributed by atoms with van der Waals surface area (Å²) in [6, 6.07) is 0. The zero-order valence-corrected chi connectivity index (χ0v) is 8.42. The number of hydrogen-bond acceptors (Lipinski definition) is 2. The van der Waals surface area contributed by atoms with Crippen molar-refractivity contribution in [3.63, 3.8) is 0 Å². The van der Waals surface area contributed by atoms with Crippen LogP contribution in [0.3, 0.4) is 0 Å². The molecule has 0 aromatic heterocycles. The van der Waals surface area contributed by atoms with E-state index in [1.165, 1.54) is 0 Å². The van der Waals surface area contributed by atoms with Crippen LogP contribution in [0.4, 0.5) is 4.53 Å². The molecule has 4 heteroatoms. The molecule has 0 spiro atoms. The maximum absolute atomic E-state index is 11.0. The molecule has 0 radical (unpaired) electrons. The first-order chi connectivity index (χ1) is 5.41. The van der Waals surface area contributed by atoms with Gasteiger partial charge in [0.2, 0.25) is 0 Å². The van der Waals surface area contributed by atoms with E-state index < -0.39 is 0 Å². The fourth-order valence-corrected chi connectivity index (χ4v) is 0.876. The molecule has 0 atom stereocenters. The topological polar surface area (TPSA) is 18.5 Å². The van der Waals surface area contributed by atoms with Gasteiger partial charge >= 0.3 is 0 Å². The van der Waals surface area contributed by atoms with Crippen LogP contribution < -0.4 is 0 Å². The number of halogens is 2. The lowest BCUT2D eigenvalue weighted by Gasteiger charge is -1.97. The van der Waals surface area contributed by atoms with Gasteiger partial charge in [0.15, 0.2) is 0 Å². The molecule has 11 heavy (non-hydrogen) atoms. The summed E-state index contributed by atoms with van der Waals surface area (Å²) in [6.45, 7) is 1.53. The zero-order valence-electron chi connectivity index (χ0n) is 6.26. The van der Waals surface area contributed by atoms with Crippen LogP contribution in [0.1, 0.15) is 12.8 Å². The summed E-state index contributed by atoms with van der Waals surface area (Å²) in [5, 5.41) is 0. The number of unbranched alkanes of at least 4 members (excludes halogenated alkanes) is 1. The minimum Gasteiger partial charge on any atom is -0.381 e. The van der Waals surface area contributed by atoms with Gasteiger partial charge in [-0.1, -0.05) is 22.6 Å². The van der Waals surface area contributed by atoms with Crippen LogP contribution in [0.2, 0.25) is 0 Å². The summed E-state index contributed by atoms with van der Waals surface area (Å²) in [5.41, 5.74) is 0. The van der Waals surface area contributed by atoms with Crippen molar-refractivity contribution in [2.75, 3.05) is 17.6 Å². The van der Waals surface area contributed by atoms with E-state index in [1.54, 1.807) is 6.08 Å². The molecule has 0 unspecified atom stereocenters. The van der Waals surface area contributed by atoms with Crippen LogP contribution in [-0.4, -0.2) is 17.6 Å². The number of ether oxygens (including phenoxy) is 1. The average molecular weight is 274 g/mol. The van der Waals surface area contributed by atoms with Crippen LogP contribution in [0, 0.1) is 0 Å². The number of rotatable bonds is 7. The molecule has 0 aliphatic carbocycles. The first-order valence-electron chi connectivity index (χ1n) is 3.48. The summed E-state index contributed by atoms with van der Waals surface area (Å²) in [7, 11) is 0. The third-order valence-corrected chi connectivity index (χ3v) is 1.47. The van der Waals surface area contributed by atoms with E-state index in [1.807, 2.05) is 0 Å². The van der Waals surface area contributed by atoms with E-state index in [9.17, 15) is 4.53 Å². The largest absolute Gasteiger partial charge is 0.381 e. The highest BCUT2D eigenvalue weighted by molar-refractivity contribution is 14.1. The van der Waals surface area contributed by atoms with Crippen LogP contribution in [-0.2, 0) is 9.68 Å². The monoisotopic (exact) mass is 274 g/mol. The van der Waals surface area contributed by atoms with E-state index in [-0.39, 0.29) is 0 Å². The molecule has 0 rings (SSSR count). The fraction of sp³-hybridized carbons (Fsp3) is 0.714. The Bertz CT molecular complexity index is 98.4. The van der Waals surface area contributed by atoms with Crippen molar-refractivity contribution in [2.24, 2.45) is 0 Å². The van der Waals surface area contributed by atoms with Crippen molar-refractivity contribution < 1.29 is 14.2 Å². The molecular weight excluding hydrogens is 262 g/mol. The molecule has 0 fully saturated rings. The fourth-order valence-electron chi connectivity index (χ4n) is 0.564. The maximum atomic E-state index is 11.0. The van der Waals surface area contributed by atoms with Crippen LogP contribution >= 0.6 is 22.6 Å². The first kappa shape index (κ1) is 11.2. The lowest BCUT2D eigenvalue weighted by molar-refractivity contribution is -0.0621. The van der Waals surface area contributed by atoms with E-state index in [0.717, 1.165) is 36.7 Å². The highest BCUT2D eigenvalue weighted by Crippen LogP contribution is 1.93. The van der Waals surface area contributed by atoms with E-state index >= 15 is 0 Å². The first-order valence-corrected chi connectivity index (χ1v) is 5.00. The Labute approximate surface area is 79.8 Å². The minimum atomic E-state index is 0.736. The minimum absolute atomic E-state index is 0.736. The van der Waals surface area contributed by atoms with E-state index in [2.05, 4.69) is 27.5 Å². The Morgan fingerprint density at radius 3 is 2.82 bits per heavy atom. The lowest BCUT2D eigenvalue weighted by Crippen LogP contribution is -1.96. The second-order valence-electron chi connectivity index (χ2n) is 1.90. The number of hydrogen-bond donors (Lipinski definition) is 0. The Morgan fingerprint density at radius 2 is 2.18 bits per heavy atom. The molecule has 0 aromatic carbocycles. The molecule has 0 aliphatic rings. The van der Waals surface area contributed by atoms with Gasteiger partial charge in [-0.25, -0.2) is 0 Å². The predicted octanol–water partition coefficient (Wildman–Crippen LogP) is 2.63. The standard InChI is InChI=1S/C7H12FIO2/c8-11-6-3-1-2-5-10-7-4-9/h3,6H,1-2,4-5,7H2. The van der Waals surface area contributed by atoms with Crippen molar-refractivity contribution in [1.29, 1.82) is 0 Å². The quantitative estimate of drug-likeness (QED) is 0.307. The smallest absolute Gasteiger partial charge is 0.132 e. The van der Waals surface area contributed by atoms with Crippen LogP contribution in [0.15, 0.2) is 12.3 Å². The van der Waals surface area contributed by atoms with E-state index in [4.69, 9.17) is 4.74 Å². The molecule has 0 heterocycles. The zero-order chi connectivity index (χ0) is 8.36. The van der Waals surface area contributed by atoms with Gasteiger partial charge in [0.25, 0.3) is 0 Å². The number of allylic oxidation sites excluding steroid dienone is 1. The van der Waals surface area contributed by atoms with Crippen LogP contribution in [0.25, 0.3) is 0 Å². The summed E-state index contributed by atoms with van der Waals surface area (Å²) in [5.74, 6) is 0. The molecule has 0 aromatic rings. The van der Waals surface area contributed by atoms with E-state index in [0.29, 0.717) is 0 Å². The summed E-state index contributed by atoms with van der Waals surface area (Å²) >= 11 is 2.25. The summed E-state index contributed by atoms with van der Waals surface area (Å²) in [6.07, 6.45) is 4.38. The third-order valence-electron chi connectivity index (χ3n) is 1.03. The molecule has 66 valence electrons. The van der Waals surface area contributed by atoms with Gasteiger partial charge in [0.05, 0.1) is 6.61 Å². The highest BCUT2D eigenvalue weighted by atomic mass is 127. The van der Waals surface area contributed by atoms with Crippen LogP contribution in [0.5, 0.6) is 0 Å². The van der Waals surface area contributed by atoms with Gasteiger partial charge in [-0.05, 0) is 18.9 Å². The molecule has 0 bridgehead atoms. The van der Waals surface area contributed by atoms with Gasteiger partial charge in [-0.15, -0.1) is 0 Å². The Hall–Kier alpha value is 0.160. The molecular formula is C7H12FIO2. The normalized spacial score (nSPS) is 10.7. The van der Waals surface area contributed by atoms with Crippen molar-refractivity contribution >= 4 is 22.6 Å². The SMILES string of the molecule is FOC=CCCCOCCI. The predicted molar refractivity (Wildman–Crippen MR) is 50.3 cm³/mol. The Morgan fingerprint density at radius 1 is 1.36 bits per heavy atom. The Balaban J connectivity index is 2.85. The second kappa shape index (κ2) is 10.2. The number of alkyl halides is 1. The van der Waals surface area contributed by atoms with Gasteiger partial charge in [0, 0.05) is 15.6 Å². The second-order valence-corrected chi connectivity index (χ2v) is 2.98. The summed E-state index contributed by atoms with van der Waals surface area (Å²) in [4.78, 5) is 3.25.